The summed E-state index contributed by atoms with van der Waals surface area (Å²) >= 11 is 0. The Balaban J connectivity index is 2.07. The predicted octanol–water partition coefficient (Wildman–Crippen LogP) is 0.985. The Hall–Kier alpha value is -0.260. The van der Waals surface area contributed by atoms with Gasteiger partial charge in [-0.2, -0.15) is 0 Å². The lowest BCUT2D eigenvalue weighted by Crippen LogP contribution is -2.51. The lowest BCUT2D eigenvalue weighted by Gasteiger charge is -2.29. The highest BCUT2D eigenvalue weighted by atomic mass is 19.3. The minimum atomic E-state index is -2.38. The lowest BCUT2D eigenvalue weighted by molar-refractivity contribution is 0.0169. The Morgan fingerprint density at radius 3 is 2.67 bits per heavy atom. The van der Waals surface area contributed by atoms with Gasteiger partial charge in [0.25, 0.3) is 6.43 Å². The van der Waals surface area contributed by atoms with Gasteiger partial charge in [-0.1, -0.05) is 0 Å². The number of hydrogen-bond donors (Lipinski definition) is 2. The molecule has 0 amide bonds. The number of halogens is 2. The van der Waals surface area contributed by atoms with Crippen LogP contribution in [0.25, 0.3) is 0 Å². The van der Waals surface area contributed by atoms with E-state index in [0.717, 1.165) is 0 Å². The second kappa shape index (κ2) is 5.72. The molecule has 1 fully saturated rings. The molecule has 0 aliphatic heterocycles. The molecule has 0 spiro atoms. The second-order valence-corrected chi connectivity index (χ2v) is 4.29. The van der Waals surface area contributed by atoms with Crippen LogP contribution in [0.1, 0.15) is 19.8 Å². The SMILES string of the molecule is CC(CN)(NCCOCC(F)F)C1CC1. The van der Waals surface area contributed by atoms with E-state index in [1.165, 1.54) is 12.8 Å². The van der Waals surface area contributed by atoms with Crippen LogP contribution in [0.2, 0.25) is 0 Å². The molecule has 1 saturated carbocycles. The zero-order valence-corrected chi connectivity index (χ0v) is 9.14. The Morgan fingerprint density at radius 2 is 2.20 bits per heavy atom. The smallest absolute Gasteiger partial charge is 0.261 e. The van der Waals surface area contributed by atoms with Crippen molar-refractivity contribution in [2.75, 3.05) is 26.3 Å². The summed E-state index contributed by atoms with van der Waals surface area (Å²) in [4.78, 5) is 0. The van der Waals surface area contributed by atoms with Crippen LogP contribution < -0.4 is 11.1 Å². The highest BCUT2D eigenvalue weighted by Gasteiger charge is 2.39. The van der Waals surface area contributed by atoms with E-state index in [0.29, 0.717) is 25.6 Å². The van der Waals surface area contributed by atoms with Crippen LogP contribution in [0.15, 0.2) is 0 Å². The van der Waals surface area contributed by atoms with Gasteiger partial charge in [0.1, 0.15) is 6.61 Å². The van der Waals surface area contributed by atoms with Gasteiger partial charge in [0, 0.05) is 18.6 Å². The fraction of sp³-hybridized carbons (Fsp3) is 1.00. The number of nitrogens with two attached hydrogens (primary N) is 1. The van der Waals surface area contributed by atoms with Crippen LogP contribution in [0, 0.1) is 5.92 Å². The van der Waals surface area contributed by atoms with Crippen molar-refractivity contribution in [2.45, 2.75) is 31.7 Å². The van der Waals surface area contributed by atoms with Crippen molar-refractivity contribution in [3.05, 3.63) is 0 Å². The van der Waals surface area contributed by atoms with Gasteiger partial charge in [-0.15, -0.1) is 0 Å². The molecule has 1 unspecified atom stereocenters. The molecule has 0 bridgehead atoms. The lowest BCUT2D eigenvalue weighted by atomic mass is 9.96. The van der Waals surface area contributed by atoms with E-state index in [1.807, 2.05) is 0 Å². The van der Waals surface area contributed by atoms with Crippen molar-refractivity contribution >= 4 is 0 Å². The molecule has 90 valence electrons. The zero-order valence-electron chi connectivity index (χ0n) is 9.14. The van der Waals surface area contributed by atoms with Crippen molar-refractivity contribution in [3.63, 3.8) is 0 Å². The first-order valence-electron chi connectivity index (χ1n) is 5.39. The molecular formula is C10H20F2N2O. The minimum absolute atomic E-state index is 0.0474. The summed E-state index contributed by atoms with van der Waals surface area (Å²) in [6.07, 6.45) is 0.0336. The van der Waals surface area contributed by atoms with Crippen LogP contribution in [0.4, 0.5) is 8.78 Å². The number of rotatable bonds is 8. The molecule has 0 saturated heterocycles. The standard InChI is InChI=1S/C10H20F2N2O/c1-10(7-13,8-2-3-8)14-4-5-15-6-9(11)12/h8-9,14H,2-7,13H2,1H3. The van der Waals surface area contributed by atoms with E-state index in [9.17, 15) is 8.78 Å². The topological polar surface area (TPSA) is 47.3 Å². The maximum atomic E-state index is 11.7. The van der Waals surface area contributed by atoms with E-state index in [1.54, 1.807) is 0 Å². The molecule has 0 aromatic rings. The first-order valence-corrected chi connectivity index (χ1v) is 5.39. The molecule has 0 aromatic heterocycles. The summed E-state index contributed by atoms with van der Waals surface area (Å²) in [6, 6.07) is 0. The van der Waals surface area contributed by atoms with Crippen LogP contribution in [-0.2, 0) is 4.74 Å². The molecule has 1 atom stereocenters. The molecule has 1 aliphatic rings. The summed E-state index contributed by atoms with van der Waals surface area (Å²) in [6.45, 7) is 3.07. The third-order valence-corrected chi connectivity index (χ3v) is 2.92. The zero-order chi connectivity index (χ0) is 11.3. The van der Waals surface area contributed by atoms with Gasteiger partial charge in [0.05, 0.1) is 6.61 Å². The second-order valence-electron chi connectivity index (χ2n) is 4.29. The van der Waals surface area contributed by atoms with E-state index in [4.69, 9.17) is 10.5 Å². The molecule has 15 heavy (non-hydrogen) atoms. The molecular weight excluding hydrogens is 202 g/mol. The fourth-order valence-corrected chi connectivity index (χ4v) is 1.68. The molecule has 5 heteroatoms. The maximum absolute atomic E-state index is 11.7. The van der Waals surface area contributed by atoms with E-state index < -0.39 is 13.0 Å². The highest BCUT2D eigenvalue weighted by molar-refractivity contribution is 4.98. The van der Waals surface area contributed by atoms with E-state index in [-0.39, 0.29) is 5.54 Å². The van der Waals surface area contributed by atoms with Crippen LogP contribution in [-0.4, -0.2) is 38.3 Å². The van der Waals surface area contributed by atoms with Crippen molar-refractivity contribution < 1.29 is 13.5 Å². The Kier molecular flexibility index (Phi) is 4.89. The normalized spacial score (nSPS) is 20.6. The number of hydrogen-bond acceptors (Lipinski definition) is 3. The monoisotopic (exact) mass is 222 g/mol. The summed E-state index contributed by atoms with van der Waals surface area (Å²) in [5, 5.41) is 3.29. The van der Waals surface area contributed by atoms with Gasteiger partial charge >= 0.3 is 0 Å². The molecule has 1 rings (SSSR count). The van der Waals surface area contributed by atoms with Crippen LogP contribution >= 0.6 is 0 Å². The third-order valence-electron chi connectivity index (χ3n) is 2.92. The van der Waals surface area contributed by atoms with E-state index >= 15 is 0 Å². The number of alkyl halides is 2. The first-order chi connectivity index (χ1) is 7.08. The summed E-state index contributed by atoms with van der Waals surface area (Å²) in [5.74, 6) is 0.637. The average molecular weight is 222 g/mol. The molecule has 0 aromatic carbocycles. The summed E-state index contributed by atoms with van der Waals surface area (Å²) in [7, 11) is 0. The average Bonchev–Trinajstić information content (AvgIpc) is 3.00. The quantitative estimate of drug-likeness (QED) is 0.602. The van der Waals surface area contributed by atoms with Gasteiger partial charge < -0.3 is 15.8 Å². The van der Waals surface area contributed by atoms with Crippen LogP contribution in [0.5, 0.6) is 0 Å². The first kappa shape index (κ1) is 12.8. The van der Waals surface area contributed by atoms with Crippen molar-refractivity contribution in [2.24, 2.45) is 11.7 Å². The van der Waals surface area contributed by atoms with Crippen molar-refractivity contribution in [3.8, 4) is 0 Å². The molecule has 0 radical (unpaired) electrons. The highest BCUT2D eigenvalue weighted by Crippen LogP contribution is 2.38. The maximum Gasteiger partial charge on any atom is 0.261 e. The van der Waals surface area contributed by atoms with E-state index in [2.05, 4.69) is 12.2 Å². The van der Waals surface area contributed by atoms with Gasteiger partial charge in [0.15, 0.2) is 0 Å². The summed E-state index contributed by atoms with van der Waals surface area (Å²) in [5.41, 5.74) is 5.64. The van der Waals surface area contributed by atoms with Gasteiger partial charge in [-0.25, -0.2) is 8.78 Å². The summed E-state index contributed by atoms with van der Waals surface area (Å²) < 4.78 is 28.3. The predicted molar refractivity (Wildman–Crippen MR) is 55.0 cm³/mol. The Morgan fingerprint density at radius 1 is 1.53 bits per heavy atom. The Labute approximate surface area is 89.4 Å². The molecule has 3 N–H and O–H groups in total. The van der Waals surface area contributed by atoms with Crippen molar-refractivity contribution in [1.29, 1.82) is 0 Å². The largest absolute Gasteiger partial charge is 0.374 e. The third kappa shape index (κ3) is 4.40. The Bertz CT molecular complexity index is 188. The van der Waals surface area contributed by atoms with Crippen LogP contribution in [0.3, 0.4) is 0 Å². The van der Waals surface area contributed by atoms with Gasteiger partial charge in [-0.05, 0) is 25.7 Å². The molecule has 0 heterocycles. The van der Waals surface area contributed by atoms with Gasteiger partial charge in [0.2, 0.25) is 0 Å². The number of nitrogens with one attached hydrogen (secondary N) is 1. The van der Waals surface area contributed by atoms with Crippen molar-refractivity contribution in [1.82, 2.24) is 5.32 Å². The fourth-order valence-electron chi connectivity index (χ4n) is 1.68. The van der Waals surface area contributed by atoms with Gasteiger partial charge in [-0.3, -0.25) is 0 Å². The number of ether oxygens (including phenoxy) is 1. The minimum Gasteiger partial charge on any atom is -0.374 e. The molecule has 1 aliphatic carbocycles. The molecule has 3 nitrogen and oxygen atoms in total.